The Bertz CT molecular complexity index is 1220. The smallest absolute Gasteiger partial charge is 0.416 e. The van der Waals surface area contributed by atoms with Gasteiger partial charge >= 0.3 is 12.1 Å². The number of para-hydroxylation sites is 1. The van der Waals surface area contributed by atoms with E-state index in [-0.39, 0.29) is 6.07 Å². The van der Waals surface area contributed by atoms with Gasteiger partial charge in [0.05, 0.1) is 10.0 Å². The van der Waals surface area contributed by atoms with Crippen LogP contribution >= 0.6 is 15.9 Å². The fraction of sp³-hybridized carbons (Fsp3) is 0.0435. The van der Waals surface area contributed by atoms with Crippen molar-refractivity contribution in [3.8, 4) is 11.5 Å². The van der Waals surface area contributed by atoms with Crippen LogP contribution in [-0.4, -0.2) is 17.0 Å². The zero-order chi connectivity index (χ0) is 24.2. The number of carbonyl (C=O) groups excluding carboxylic acids is 1. The van der Waals surface area contributed by atoms with Crippen LogP contribution in [0.5, 0.6) is 11.5 Å². The van der Waals surface area contributed by atoms with Gasteiger partial charge in [-0.15, -0.1) is 0 Å². The fourth-order valence-corrected chi connectivity index (χ4v) is 3.05. The topological polar surface area (TPSA) is 75.6 Å². The van der Waals surface area contributed by atoms with E-state index in [9.17, 15) is 32.3 Å². The molecule has 0 saturated carbocycles. The van der Waals surface area contributed by atoms with Crippen LogP contribution in [0.3, 0.4) is 0 Å². The Morgan fingerprint density at radius 1 is 1.00 bits per heavy atom. The number of carboxylic acids is 1. The number of halogens is 5. The number of nitrogens with one attached hydrogen (secondary N) is 1. The van der Waals surface area contributed by atoms with E-state index in [4.69, 9.17) is 4.74 Å². The molecule has 5 nitrogen and oxygen atoms in total. The first-order valence-corrected chi connectivity index (χ1v) is 9.99. The van der Waals surface area contributed by atoms with Crippen molar-refractivity contribution < 1.29 is 37.0 Å². The molecule has 170 valence electrons. The molecule has 3 aromatic rings. The first-order chi connectivity index (χ1) is 15.5. The number of benzene rings is 3. The summed E-state index contributed by atoms with van der Waals surface area (Å²) in [5, 5.41) is 11.4. The molecule has 0 aliphatic heterocycles. The minimum atomic E-state index is -4.87. The Balaban J connectivity index is 1.80. The molecule has 0 aliphatic rings. The van der Waals surface area contributed by atoms with E-state index in [1.165, 1.54) is 12.1 Å². The molecule has 3 rings (SSSR count). The van der Waals surface area contributed by atoms with E-state index in [0.717, 1.165) is 10.5 Å². The molecule has 10 heteroatoms. The van der Waals surface area contributed by atoms with Crippen molar-refractivity contribution in [1.82, 2.24) is 5.32 Å². The summed E-state index contributed by atoms with van der Waals surface area (Å²) in [6.07, 6.45) is -3.77. The maximum Gasteiger partial charge on any atom is 0.416 e. The second kappa shape index (κ2) is 9.86. The van der Waals surface area contributed by atoms with Crippen molar-refractivity contribution in [3.63, 3.8) is 0 Å². The van der Waals surface area contributed by atoms with Gasteiger partial charge in [0, 0.05) is 5.56 Å². The molecule has 0 aliphatic carbocycles. The van der Waals surface area contributed by atoms with Crippen LogP contribution in [0.4, 0.5) is 17.6 Å². The third-order valence-electron chi connectivity index (χ3n) is 4.22. The second-order valence-corrected chi connectivity index (χ2v) is 7.50. The molecule has 3 aromatic carbocycles. The van der Waals surface area contributed by atoms with Gasteiger partial charge in [0.15, 0.2) is 0 Å². The molecule has 0 unspecified atom stereocenters. The summed E-state index contributed by atoms with van der Waals surface area (Å²) in [5.41, 5.74) is -2.29. The summed E-state index contributed by atoms with van der Waals surface area (Å²) in [6.45, 7) is 0. The lowest BCUT2D eigenvalue weighted by Crippen LogP contribution is -2.27. The van der Waals surface area contributed by atoms with Crippen LogP contribution in [0.2, 0.25) is 0 Å². The van der Waals surface area contributed by atoms with Gasteiger partial charge in [-0.2, -0.15) is 13.2 Å². The Morgan fingerprint density at radius 3 is 2.27 bits per heavy atom. The molecule has 0 heterocycles. The maximum absolute atomic E-state index is 13.6. The highest BCUT2D eigenvalue weighted by Gasteiger charge is 2.32. The molecule has 33 heavy (non-hydrogen) atoms. The van der Waals surface area contributed by atoms with Crippen molar-refractivity contribution in [2.24, 2.45) is 0 Å². The summed E-state index contributed by atoms with van der Waals surface area (Å²) in [7, 11) is 0. The highest BCUT2D eigenvalue weighted by atomic mass is 79.9. The first-order valence-electron chi connectivity index (χ1n) is 9.19. The van der Waals surface area contributed by atoms with Gasteiger partial charge in [-0.25, -0.2) is 9.18 Å². The van der Waals surface area contributed by atoms with Crippen molar-refractivity contribution in [1.29, 1.82) is 0 Å². The molecule has 0 fully saturated rings. The van der Waals surface area contributed by atoms with Gasteiger partial charge < -0.3 is 15.2 Å². The zero-order valence-corrected chi connectivity index (χ0v) is 18.1. The summed E-state index contributed by atoms with van der Waals surface area (Å²) in [5.74, 6) is -3.00. The number of rotatable bonds is 6. The van der Waals surface area contributed by atoms with Crippen LogP contribution in [-0.2, 0) is 11.0 Å². The summed E-state index contributed by atoms with van der Waals surface area (Å²) < 4.78 is 58.6. The summed E-state index contributed by atoms with van der Waals surface area (Å²) in [4.78, 5) is 23.8. The van der Waals surface area contributed by atoms with Gasteiger partial charge in [0.2, 0.25) is 0 Å². The molecule has 1 amide bonds. The molecule has 0 radical (unpaired) electrons. The van der Waals surface area contributed by atoms with Crippen LogP contribution in [0.25, 0.3) is 6.08 Å². The van der Waals surface area contributed by atoms with E-state index in [1.54, 1.807) is 30.3 Å². The standard InChI is InChI=1S/C23H14BrF4NO4/c24-18-3-1-2-4-20(18)33-17-7-5-13(6-8-17)9-19(22(31)32)29-21(30)14-10-15(23(26,27)28)12-16(25)11-14/h1-12H,(H,29,30)(H,31,32)/b19-9-. The number of carboxylic acid groups (broad SMARTS) is 1. The van der Waals surface area contributed by atoms with Gasteiger partial charge in [0.25, 0.3) is 5.91 Å². The molecule has 0 bridgehead atoms. The molecule has 0 saturated heterocycles. The number of amides is 1. The fourth-order valence-electron chi connectivity index (χ4n) is 2.68. The van der Waals surface area contributed by atoms with Gasteiger partial charge in [-0.1, -0.05) is 24.3 Å². The molecule has 0 aromatic heterocycles. The van der Waals surface area contributed by atoms with Gasteiger partial charge in [0.1, 0.15) is 23.0 Å². The Labute approximate surface area is 193 Å². The Kier molecular flexibility index (Phi) is 7.17. The predicted molar refractivity (Wildman–Crippen MR) is 115 cm³/mol. The van der Waals surface area contributed by atoms with Crippen molar-refractivity contribution in [2.45, 2.75) is 6.18 Å². The molecular weight excluding hydrogens is 510 g/mol. The average molecular weight is 524 g/mol. The minimum Gasteiger partial charge on any atom is -0.477 e. The first kappa shape index (κ1) is 24.0. The molecule has 0 atom stereocenters. The second-order valence-electron chi connectivity index (χ2n) is 6.65. The van der Waals surface area contributed by atoms with Crippen LogP contribution < -0.4 is 10.1 Å². The third kappa shape index (κ3) is 6.42. The quantitative estimate of drug-likeness (QED) is 0.295. The number of alkyl halides is 3. The summed E-state index contributed by atoms with van der Waals surface area (Å²) in [6, 6.07) is 14.6. The van der Waals surface area contributed by atoms with Crippen LogP contribution in [0.1, 0.15) is 21.5 Å². The van der Waals surface area contributed by atoms with E-state index >= 15 is 0 Å². The number of hydrogen-bond donors (Lipinski definition) is 2. The lowest BCUT2D eigenvalue weighted by Gasteiger charge is -2.11. The SMILES string of the molecule is O=C(O)/C(=C/c1ccc(Oc2ccccc2Br)cc1)NC(=O)c1cc(F)cc(C(F)(F)F)c1. The zero-order valence-electron chi connectivity index (χ0n) is 16.5. The minimum absolute atomic E-state index is 0.238. The Morgan fingerprint density at radius 2 is 1.67 bits per heavy atom. The van der Waals surface area contributed by atoms with Gasteiger partial charge in [-0.05, 0) is 70.0 Å². The molecule has 0 spiro atoms. The third-order valence-corrected chi connectivity index (χ3v) is 4.88. The largest absolute Gasteiger partial charge is 0.477 e. The maximum atomic E-state index is 13.6. The molecular formula is C23H14BrF4NO4. The lowest BCUT2D eigenvalue weighted by molar-refractivity contribution is -0.138. The molecule has 2 N–H and O–H groups in total. The van der Waals surface area contributed by atoms with E-state index < -0.39 is 40.7 Å². The van der Waals surface area contributed by atoms with Crippen molar-refractivity contribution in [2.75, 3.05) is 0 Å². The van der Waals surface area contributed by atoms with Crippen LogP contribution in [0.15, 0.2) is 76.9 Å². The Hall–Kier alpha value is -3.66. The predicted octanol–water partition coefficient (Wildman–Crippen LogP) is 6.25. The van der Waals surface area contributed by atoms with Gasteiger partial charge in [-0.3, -0.25) is 4.79 Å². The monoisotopic (exact) mass is 523 g/mol. The lowest BCUT2D eigenvalue weighted by atomic mass is 10.1. The highest BCUT2D eigenvalue weighted by molar-refractivity contribution is 9.10. The van der Waals surface area contributed by atoms with Crippen molar-refractivity contribution >= 4 is 33.9 Å². The number of aliphatic carboxylic acids is 1. The number of carbonyl (C=O) groups is 2. The number of ether oxygens (including phenoxy) is 1. The van der Waals surface area contributed by atoms with E-state index in [1.807, 2.05) is 11.4 Å². The normalized spacial score (nSPS) is 11.7. The van der Waals surface area contributed by atoms with Crippen LogP contribution in [0, 0.1) is 5.82 Å². The van der Waals surface area contributed by atoms with Crippen molar-refractivity contribution in [3.05, 3.63) is 99.4 Å². The highest BCUT2D eigenvalue weighted by Crippen LogP contribution is 2.31. The average Bonchev–Trinajstić information content (AvgIpc) is 2.75. The summed E-state index contributed by atoms with van der Waals surface area (Å²) >= 11 is 3.35. The number of hydrogen-bond acceptors (Lipinski definition) is 3. The van der Waals surface area contributed by atoms with E-state index in [0.29, 0.717) is 29.2 Å². The van der Waals surface area contributed by atoms with E-state index in [2.05, 4.69) is 15.9 Å².